The van der Waals surface area contributed by atoms with Crippen LogP contribution in [0.5, 0.6) is 5.75 Å². The summed E-state index contributed by atoms with van der Waals surface area (Å²) in [5, 5.41) is 12.7. The van der Waals surface area contributed by atoms with E-state index in [1.54, 1.807) is 12.1 Å². The summed E-state index contributed by atoms with van der Waals surface area (Å²) in [6.07, 6.45) is 2.11. The lowest BCUT2D eigenvalue weighted by Gasteiger charge is -2.19. The zero-order valence-corrected chi connectivity index (χ0v) is 10.3. The van der Waals surface area contributed by atoms with Gasteiger partial charge in [0.2, 0.25) is 0 Å². The molecule has 0 aromatic heterocycles. The van der Waals surface area contributed by atoms with Crippen LogP contribution in [0.3, 0.4) is 0 Å². The minimum absolute atomic E-state index is 0.322. The number of hydrogen-bond donors (Lipinski definition) is 2. The summed E-state index contributed by atoms with van der Waals surface area (Å²) in [4.78, 5) is 0. The lowest BCUT2D eigenvalue weighted by molar-refractivity contribution is 0.473. The number of hydrogen-bond acceptors (Lipinski definition) is 3. The molecule has 0 fully saturated rings. The molecule has 2 atom stereocenters. The maximum Gasteiger partial charge on any atom is 0.115 e. The van der Waals surface area contributed by atoms with Gasteiger partial charge < -0.3 is 10.4 Å². The number of aromatic hydroxyl groups is 1. The highest BCUT2D eigenvalue weighted by atomic mass is 32.2. The van der Waals surface area contributed by atoms with Gasteiger partial charge in [-0.2, -0.15) is 11.8 Å². The molecule has 0 saturated heterocycles. The molecule has 1 aromatic carbocycles. The molecule has 84 valence electrons. The molecule has 0 aliphatic heterocycles. The summed E-state index contributed by atoms with van der Waals surface area (Å²) in [7, 11) is 0. The van der Waals surface area contributed by atoms with Gasteiger partial charge in [-0.05, 0) is 37.8 Å². The van der Waals surface area contributed by atoms with Crippen molar-refractivity contribution in [2.24, 2.45) is 0 Å². The van der Waals surface area contributed by atoms with Crippen LogP contribution in [0.1, 0.15) is 25.5 Å². The van der Waals surface area contributed by atoms with E-state index >= 15 is 0 Å². The van der Waals surface area contributed by atoms with Gasteiger partial charge in [0.15, 0.2) is 0 Å². The van der Waals surface area contributed by atoms with E-state index in [9.17, 15) is 5.11 Å². The Morgan fingerprint density at radius 1 is 1.27 bits per heavy atom. The zero-order chi connectivity index (χ0) is 11.3. The van der Waals surface area contributed by atoms with Crippen molar-refractivity contribution in [2.75, 3.05) is 12.0 Å². The fourth-order valence-electron chi connectivity index (χ4n) is 1.58. The SMILES string of the molecule is CSCC(C)NC(C)c1ccc(O)cc1. The third-order valence-corrected chi connectivity index (χ3v) is 3.18. The van der Waals surface area contributed by atoms with Crippen molar-refractivity contribution in [1.82, 2.24) is 5.32 Å². The van der Waals surface area contributed by atoms with E-state index in [1.165, 1.54) is 5.56 Å². The molecule has 0 radical (unpaired) electrons. The lowest BCUT2D eigenvalue weighted by Crippen LogP contribution is -2.30. The Morgan fingerprint density at radius 3 is 2.40 bits per heavy atom. The van der Waals surface area contributed by atoms with Crippen molar-refractivity contribution < 1.29 is 5.11 Å². The highest BCUT2D eigenvalue weighted by Gasteiger charge is 2.08. The first-order chi connectivity index (χ1) is 7.13. The van der Waals surface area contributed by atoms with Gasteiger partial charge in [-0.1, -0.05) is 12.1 Å². The molecule has 0 bridgehead atoms. The first-order valence-electron chi connectivity index (χ1n) is 5.17. The summed E-state index contributed by atoms with van der Waals surface area (Å²) in [6, 6.07) is 8.20. The van der Waals surface area contributed by atoms with Crippen LogP contribution in [-0.2, 0) is 0 Å². The fraction of sp³-hybridized carbons (Fsp3) is 0.500. The number of phenolic OH excluding ortho intramolecular Hbond substituents is 1. The molecule has 0 aliphatic carbocycles. The molecular formula is C12H19NOS. The zero-order valence-electron chi connectivity index (χ0n) is 9.53. The molecular weight excluding hydrogens is 206 g/mol. The van der Waals surface area contributed by atoms with E-state index < -0.39 is 0 Å². The minimum atomic E-state index is 0.322. The Balaban J connectivity index is 2.53. The van der Waals surface area contributed by atoms with Crippen LogP contribution in [0, 0.1) is 0 Å². The van der Waals surface area contributed by atoms with Gasteiger partial charge in [0.05, 0.1) is 0 Å². The highest BCUT2D eigenvalue weighted by molar-refractivity contribution is 7.98. The largest absolute Gasteiger partial charge is 0.508 e. The van der Waals surface area contributed by atoms with E-state index in [4.69, 9.17) is 0 Å². The average Bonchev–Trinajstić information content (AvgIpc) is 2.18. The average molecular weight is 225 g/mol. The molecule has 0 spiro atoms. The van der Waals surface area contributed by atoms with Crippen LogP contribution >= 0.6 is 11.8 Å². The van der Waals surface area contributed by atoms with E-state index in [-0.39, 0.29) is 0 Å². The van der Waals surface area contributed by atoms with Crippen molar-refractivity contribution in [3.8, 4) is 5.75 Å². The van der Waals surface area contributed by atoms with Crippen molar-refractivity contribution in [2.45, 2.75) is 25.9 Å². The number of benzene rings is 1. The van der Waals surface area contributed by atoms with Crippen molar-refractivity contribution in [3.05, 3.63) is 29.8 Å². The Bertz CT molecular complexity index is 286. The summed E-state index contributed by atoms with van der Waals surface area (Å²) >= 11 is 1.85. The predicted molar refractivity (Wildman–Crippen MR) is 67.5 cm³/mol. The molecule has 0 aliphatic rings. The third kappa shape index (κ3) is 4.14. The van der Waals surface area contributed by atoms with Crippen molar-refractivity contribution in [1.29, 1.82) is 0 Å². The fourth-order valence-corrected chi connectivity index (χ4v) is 2.18. The van der Waals surface area contributed by atoms with Gasteiger partial charge in [-0.15, -0.1) is 0 Å². The lowest BCUT2D eigenvalue weighted by atomic mass is 10.1. The van der Waals surface area contributed by atoms with E-state index in [1.807, 2.05) is 23.9 Å². The molecule has 1 rings (SSSR count). The molecule has 2 nitrogen and oxygen atoms in total. The molecule has 0 saturated carbocycles. The van der Waals surface area contributed by atoms with Crippen molar-refractivity contribution in [3.63, 3.8) is 0 Å². The molecule has 3 heteroatoms. The first kappa shape index (κ1) is 12.4. The Morgan fingerprint density at radius 2 is 1.87 bits per heavy atom. The Kier molecular flexibility index (Phi) is 4.99. The van der Waals surface area contributed by atoms with Crippen LogP contribution in [0.15, 0.2) is 24.3 Å². The summed E-state index contributed by atoms with van der Waals surface area (Å²) in [5.74, 6) is 1.44. The topological polar surface area (TPSA) is 32.3 Å². The summed E-state index contributed by atoms with van der Waals surface area (Å²) in [6.45, 7) is 4.33. The maximum absolute atomic E-state index is 9.18. The second-order valence-electron chi connectivity index (χ2n) is 3.84. The third-order valence-electron chi connectivity index (χ3n) is 2.34. The minimum Gasteiger partial charge on any atom is -0.508 e. The number of nitrogens with one attached hydrogen (secondary N) is 1. The van der Waals surface area contributed by atoms with Gasteiger partial charge >= 0.3 is 0 Å². The first-order valence-corrected chi connectivity index (χ1v) is 6.56. The smallest absolute Gasteiger partial charge is 0.115 e. The Labute approximate surface area is 96.1 Å². The number of thioether (sulfide) groups is 1. The van der Waals surface area contributed by atoms with Crippen LogP contribution in [0.2, 0.25) is 0 Å². The molecule has 1 aromatic rings. The molecule has 15 heavy (non-hydrogen) atoms. The molecule has 0 amide bonds. The van der Waals surface area contributed by atoms with E-state index in [0.717, 1.165) is 5.75 Å². The van der Waals surface area contributed by atoms with Gasteiger partial charge in [0.25, 0.3) is 0 Å². The van der Waals surface area contributed by atoms with Gasteiger partial charge in [-0.3, -0.25) is 0 Å². The molecule has 2 N–H and O–H groups in total. The number of phenols is 1. The van der Waals surface area contributed by atoms with E-state index in [0.29, 0.717) is 17.8 Å². The highest BCUT2D eigenvalue weighted by Crippen LogP contribution is 2.17. The normalized spacial score (nSPS) is 14.9. The second kappa shape index (κ2) is 6.03. The molecule has 0 heterocycles. The summed E-state index contributed by atoms with van der Waals surface area (Å²) < 4.78 is 0. The predicted octanol–water partition coefficient (Wildman–Crippen LogP) is 2.79. The van der Waals surface area contributed by atoms with Gasteiger partial charge in [0, 0.05) is 17.8 Å². The molecule has 2 unspecified atom stereocenters. The second-order valence-corrected chi connectivity index (χ2v) is 4.75. The van der Waals surface area contributed by atoms with Crippen LogP contribution in [-0.4, -0.2) is 23.2 Å². The Hall–Kier alpha value is -0.670. The number of rotatable bonds is 5. The van der Waals surface area contributed by atoms with Crippen LogP contribution in [0.4, 0.5) is 0 Å². The maximum atomic E-state index is 9.18. The van der Waals surface area contributed by atoms with E-state index in [2.05, 4.69) is 25.4 Å². The van der Waals surface area contributed by atoms with Gasteiger partial charge in [-0.25, -0.2) is 0 Å². The van der Waals surface area contributed by atoms with Crippen molar-refractivity contribution >= 4 is 11.8 Å². The van der Waals surface area contributed by atoms with Crippen LogP contribution < -0.4 is 5.32 Å². The van der Waals surface area contributed by atoms with Crippen LogP contribution in [0.25, 0.3) is 0 Å². The quantitative estimate of drug-likeness (QED) is 0.808. The van der Waals surface area contributed by atoms with Gasteiger partial charge in [0.1, 0.15) is 5.75 Å². The summed E-state index contributed by atoms with van der Waals surface area (Å²) in [5.41, 5.74) is 1.21. The monoisotopic (exact) mass is 225 g/mol. The standard InChI is InChI=1S/C12H19NOS/c1-9(8-15-3)13-10(2)11-4-6-12(14)7-5-11/h4-7,9-10,13-14H,8H2,1-3H3.